The number of nitro benzene ring substituents is 1. The molecule has 1 aliphatic rings. The Morgan fingerprint density at radius 3 is 2.36 bits per heavy atom. The van der Waals surface area contributed by atoms with Crippen LogP contribution in [0, 0.1) is 28.9 Å². The van der Waals surface area contributed by atoms with E-state index in [1.165, 1.54) is 12.1 Å². The number of nitrogens with one attached hydrogen (secondary N) is 2. The molecular formula is C25H32N6O4S. The highest BCUT2D eigenvalue weighted by molar-refractivity contribution is 7.89. The Hall–Kier alpha value is -3.31. The highest BCUT2D eigenvalue weighted by Gasteiger charge is 2.25. The van der Waals surface area contributed by atoms with Crippen LogP contribution < -0.4 is 14.9 Å². The summed E-state index contributed by atoms with van der Waals surface area (Å²) >= 11 is 0. The van der Waals surface area contributed by atoms with Crippen molar-refractivity contribution in [2.24, 2.45) is 11.8 Å². The van der Waals surface area contributed by atoms with Crippen molar-refractivity contribution in [3.63, 3.8) is 0 Å². The van der Waals surface area contributed by atoms with Gasteiger partial charge in [0.2, 0.25) is 16.0 Å². The van der Waals surface area contributed by atoms with Gasteiger partial charge in [0.05, 0.1) is 15.3 Å². The van der Waals surface area contributed by atoms with E-state index < -0.39 is 14.9 Å². The molecule has 0 radical (unpaired) electrons. The molecule has 1 aliphatic carbocycles. The molecule has 11 heteroatoms. The standard InChI is InChI=1S/C25H32N6O4S/c1-17-8-13-20(31(32)33)14-23(17)36(34,35)27-16-19-11-9-18(10-12-19)15-26-25-28-22-7-5-4-6-21(22)24(29-25)30(2)3/h4-8,13-14,18-19,27H,9-12,15-16H2,1-3H3,(H,26,28,29)/t18-,19-. The van der Waals surface area contributed by atoms with Crippen molar-refractivity contribution in [1.82, 2.24) is 14.7 Å². The van der Waals surface area contributed by atoms with Crippen molar-refractivity contribution in [3.8, 4) is 0 Å². The Labute approximate surface area is 211 Å². The average Bonchev–Trinajstić information content (AvgIpc) is 2.86. The van der Waals surface area contributed by atoms with E-state index in [0.29, 0.717) is 24.0 Å². The topological polar surface area (TPSA) is 130 Å². The van der Waals surface area contributed by atoms with Crippen molar-refractivity contribution in [1.29, 1.82) is 0 Å². The maximum Gasteiger partial charge on any atom is 0.270 e. The Morgan fingerprint density at radius 1 is 1.03 bits per heavy atom. The van der Waals surface area contributed by atoms with Gasteiger partial charge in [-0.3, -0.25) is 10.1 Å². The average molecular weight is 513 g/mol. The molecule has 1 aromatic heterocycles. The first-order valence-electron chi connectivity index (χ1n) is 12.1. The van der Waals surface area contributed by atoms with Crippen molar-refractivity contribution in [2.45, 2.75) is 37.5 Å². The molecule has 0 atom stereocenters. The van der Waals surface area contributed by atoms with Crippen LogP contribution in [0.1, 0.15) is 31.2 Å². The Bertz CT molecular complexity index is 1350. The number of benzene rings is 2. The number of para-hydroxylation sites is 1. The Kier molecular flexibility index (Phi) is 7.70. The van der Waals surface area contributed by atoms with Gasteiger partial charge in [-0.2, -0.15) is 4.98 Å². The lowest BCUT2D eigenvalue weighted by molar-refractivity contribution is -0.385. The molecule has 1 fully saturated rings. The fourth-order valence-corrected chi connectivity index (χ4v) is 6.03. The number of fused-ring (bicyclic) bond motifs is 1. The van der Waals surface area contributed by atoms with Gasteiger partial charge < -0.3 is 10.2 Å². The molecule has 4 rings (SSSR count). The zero-order chi connectivity index (χ0) is 25.9. The van der Waals surface area contributed by atoms with E-state index >= 15 is 0 Å². The monoisotopic (exact) mass is 512 g/mol. The van der Waals surface area contributed by atoms with E-state index in [1.54, 1.807) is 6.92 Å². The smallest absolute Gasteiger partial charge is 0.270 e. The number of anilines is 2. The number of sulfonamides is 1. The number of non-ortho nitro benzene ring substituents is 1. The Morgan fingerprint density at radius 2 is 1.69 bits per heavy atom. The predicted octanol–water partition coefficient (Wildman–Crippen LogP) is 4.11. The van der Waals surface area contributed by atoms with Crippen molar-refractivity contribution in [2.75, 3.05) is 37.4 Å². The summed E-state index contributed by atoms with van der Waals surface area (Å²) in [6.07, 6.45) is 3.77. The fourth-order valence-electron chi connectivity index (χ4n) is 4.65. The van der Waals surface area contributed by atoms with Gasteiger partial charge in [-0.05, 0) is 62.1 Å². The predicted molar refractivity (Wildman–Crippen MR) is 141 cm³/mol. The molecule has 10 nitrogen and oxygen atoms in total. The van der Waals surface area contributed by atoms with Gasteiger partial charge in [0.25, 0.3) is 5.69 Å². The van der Waals surface area contributed by atoms with E-state index in [1.807, 2.05) is 43.3 Å². The summed E-state index contributed by atoms with van der Waals surface area (Å²) in [5, 5.41) is 15.5. The fraction of sp³-hybridized carbons (Fsp3) is 0.440. The Balaban J connectivity index is 1.30. The van der Waals surface area contributed by atoms with E-state index in [2.05, 4.69) is 15.0 Å². The molecule has 0 spiro atoms. The highest BCUT2D eigenvalue weighted by atomic mass is 32.2. The molecule has 0 unspecified atom stereocenters. The quantitative estimate of drug-likeness (QED) is 0.324. The van der Waals surface area contributed by atoms with Crippen molar-refractivity contribution in [3.05, 3.63) is 58.1 Å². The van der Waals surface area contributed by atoms with Gasteiger partial charge in [0.15, 0.2) is 0 Å². The molecule has 2 N–H and O–H groups in total. The van der Waals surface area contributed by atoms with Crippen LogP contribution in [0.3, 0.4) is 0 Å². The van der Waals surface area contributed by atoms with Gasteiger partial charge >= 0.3 is 0 Å². The third-order valence-corrected chi connectivity index (χ3v) is 8.32. The maximum absolute atomic E-state index is 12.8. The molecule has 0 bridgehead atoms. The minimum atomic E-state index is -3.82. The molecule has 1 saturated carbocycles. The summed E-state index contributed by atoms with van der Waals surface area (Å²) in [5.41, 5.74) is 1.15. The summed E-state index contributed by atoms with van der Waals surface area (Å²) < 4.78 is 28.3. The second-order valence-corrected chi connectivity index (χ2v) is 11.3. The number of nitro groups is 1. The lowest BCUT2D eigenvalue weighted by atomic mass is 9.82. The molecule has 0 amide bonds. The summed E-state index contributed by atoms with van der Waals surface area (Å²) in [4.78, 5) is 21.8. The molecule has 36 heavy (non-hydrogen) atoms. The summed E-state index contributed by atoms with van der Waals surface area (Å²) in [6, 6.07) is 11.8. The minimum Gasteiger partial charge on any atom is -0.362 e. The lowest BCUT2D eigenvalue weighted by Gasteiger charge is -2.29. The maximum atomic E-state index is 12.8. The number of hydrogen-bond donors (Lipinski definition) is 2. The summed E-state index contributed by atoms with van der Waals surface area (Å²) in [6.45, 7) is 2.72. The van der Waals surface area contributed by atoms with E-state index in [4.69, 9.17) is 4.98 Å². The molecule has 2 aromatic carbocycles. The summed E-state index contributed by atoms with van der Waals surface area (Å²) in [5.74, 6) is 2.17. The zero-order valence-corrected chi connectivity index (χ0v) is 21.6. The van der Waals surface area contributed by atoms with Crippen molar-refractivity contribution >= 4 is 38.4 Å². The molecular weight excluding hydrogens is 480 g/mol. The van der Waals surface area contributed by atoms with Crippen LogP contribution in [-0.4, -0.2) is 50.5 Å². The third kappa shape index (κ3) is 5.90. The molecule has 0 saturated heterocycles. The SMILES string of the molecule is Cc1ccc([N+](=O)[O-])cc1S(=O)(=O)NC[C@H]1CC[C@H](CNc2nc(N(C)C)c3ccccc3n2)CC1. The van der Waals surface area contributed by atoms with Crippen LogP contribution in [-0.2, 0) is 10.0 Å². The zero-order valence-electron chi connectivity index (χ0n) is 20.8. The van der Waals surface area contributed by atoms with E-state index in [9.17, 15) is 18.5 Å². The normalized spacial score (nSPS) is 18.2. The minimum absolute atomic E-state index is 0.0398. The number of hydrogen-bond acceptors (Lipinski definition) is 8. The van der Waals surface area contributed by atoms with Gasteiger partial charge in [0, 0.05) is 44.7 Å². The number of rotatable bonds is 9. The summed E-state index contributed by atoms with van der Waals surface area (Å²) in [7, 11) is 0.111. The number of aryl methyl sites for hydroxylation is 1. The lowest BCUT2D eigenvalue weighted by Crippen LogP contribution is -2.32. The van der Waals surface area contributed by atoms with Crippen LogP contribution in [0.15, 0.2) is 47.4 Å². The van der Waals surface area contributed by atoms with Crippen LogP contribution in [0.4, 0.5) is 17.5 Å². The van der Waals surface area contributed by atoms with Crippen LogP contribution in [0.2, 0.25) is 0 Å². The number of aromatic nitrogens is 2. The van der Waals surface area contributed by atoms with Crippen LogP contribution >= 0.6 is 0 Å². The van der Waals surface area contributed by atoms with Crippen molar-refractivity contribution < 1.29 is 13.3 Å². The van der Waals surface area contributed by atoms with Gasteiger partial charge in [-0.1, -0.05) is 18.2 Å². The van der Waals surface area contributed by atoms with Crippen LogP contribution in [0.25, 0.3) is 10.9 Å². The van der Waals surface area contributed by atoms with E-state index in [-0.39, 0.29) is 16.5 Å². The molecule has 3 aromatic rings. The molecule has 192 valence electrons. The third-order valence-electron chi connectivity index (χ3n) is 6.76. The largest absolute Gasteiger partial charge is 0.362 e. The highest BCUT2D eigenvalue weighted by Crippen LogP contribution is 2.30. The molecule has 1 heterocycles. The van der Waals surface area contributed by atoms with Crippen LogP contribution in [0.5, 0.6) is 0 Å². The first-order chi connectivity index (χ1) is 17.1. The first kappa shape index (κ1) is 25.8. The second-order valence-electron chi connectivity index (χ2n) is 9.61. The number of nitrogens with zero attached hydrogens (tertiary/aromatic N) is 4. The van der Waals surface area contributed by atoms with Gasteiger partial charge in [0.1, 0.15) is 5.82 Å². The first-order valence-corrected chi connectivity index (χ1v) is 13.5. The van der Waals surface area contributed by atoms with Gasteiger partial charge in [-0.15, -0.1) is 0 Å². The second kappa shape index (κ2) is 10.8. The van der Waals surface area contributed by atoms with E-state index in [0.717, 1.165) is 55.0 Å². The van der Waals surface area contributed by atoms with Gasteiger partial charge in [-0.25, -0.2) is 18.1 Å². The molecule has 0 aliphatic heterocycles.